The summed E-state index contributed by atoms with van der Waals surface area (Å²) in [6.45, 7) is 4.82. The lowest BCUT2D eigenvalue weighted by Crippen LogP contribution is -2.26. The van der Waals surface area contributed by atoms with Gasteiger partial charge in [0.05, 0.1) is 6.20 Å². The number of hydrogen-bond donors (Lipinski definition) is 1. The smallest absolute Gasteiger partial charge is 0.223 e. The van der Waals surface area contributed by atoms with E-state index in [1.807, 2.05) is 13.2 Å². The van der Waals surface area contributed by atoms with Gasteiger partial charge in [0.15, 0.2) is 0 Å². The van der Waals surface area contributed by atoms with Crippen LogP contribution in [-0.4, -0.2) is 33.8 Å². The third-order valence-electron chi connectivity index (χ3n) is 3.46. The van der Waals surface area contributed by atoms with Gasteiger partial charge in [0, 0.05) is 42.4 Å². The Kier molecular flexibility index (Phi) is 5.44. The van der Waals surface area contributed by atoms with E-state index in [0.29, 0.717) is 13.0 Å². The first-order chi connectivity index (χ1) is 10.1. The van der Waals surface area contributed by atoms with Crippen molar-refractivity contribution in [2.75, 3.05) is 12.8 Å². The number of rotatable bonds is 6. The summed E-state index contributed by atoms with van der Waals surface area (Å²) in [5.74, 6) is 0.962. The van der Waals surface area contributed by atoms with Crippen molar-refractivity contribution in [2.45, 2.75) is 31.7 Å². The first-order valence-electron chi connectivity index (χ1n) is 6.98. The lowest BCUT2D eigenvalue weighted by atomic mass is 10.1. The Labute approximate surface area is 129 Å². The SMILES string of the molecule is Cc1ccc(SCCC(=O)N(C)Cc2cn[nH]c2)cc1C. The normalized spacial score (nSPS) is 10.6. The van der Waals surface area contributed by atoms with Gasteiger partial charge in [0.25, 0.3) is 0 Å². The highest BCUT2D eigenvalue weighted by Gasteiger charge is 2.10. The topological polar surface area (TPSA) is 49.0 Å². The molecule has 1 heterocycles. The van der Waals surface area contributed by atoms with Crippen LogP contribution in [0.25, 0.3) is 0 Å². The summed E-state index contributed by atoms with van der Waals surface area (Å²) >= 11 is 1.73. The number of aryl methyl sites for hydroxylation is 2. The van der Waals surface area contributed by atoms with Crippen molar-refractivity contribution in [3.8, 4) is 0 Å². The highest BCUT2D eigenvalue weighted by Crippen LogP contribution is 2.22. The molecule has 0 fully saturated rings. The van der Waals surface area contributed by atoms with Crippen LogP contribution in [0.15, 0.2) is 35.5 Å². The van der Waals surface area contributed by atoms with E-state index in [4.69, 9.17) is 0 Å². The van der Waals surface area contributed by atoms with Crippen molar-refractivity contribution < 1.29 is 4.79 Å². The van der Waals surface area contributed by atoms with Crippen molar-refractivity contribution in [3.63, 3.8) is 0 Å². The molecule has 0 unspecified atom stereocenters. The van der Waals surface area contributed by atoms with E-state index in [9.17, 15) is 4.79 Å². The van der Waals surface area contributed by atoms with Crippen LogP contribution in [0.5, 0.6) is 0 Å². The molecular weight excluding hydrogens is 282 g/mol. The minimum atomic E-state index is 0.160. The van der Waals surface area contributed by atoms with E-state index >= 15 is 0 Å². The molecular formula is C16H21N3OS. The maximum absolute atomic E-state index is 12.1. The van der Waals surface area contributed by atoms with E-state index in [1.54, 1.807) is 22.9 Å². The zero-order chi connectivity index (χ0) is 15.2. The number of hydrogen-bond acceptors (Lipinski definition) is 3. The summed E-state index contributed by atoms with van der Waals surface area (Å²) in [5, 5.41) is 6.64. The molecule has 0 saturated carbocycles. The van der Waals surface area contributed by atoms with Gasteiger partial charge < -0.3 is 4.90 Å². The van der Waals surface area contributed by atoms with Crippen LogP contribution in [0.2, 0.25) is 0 Å². The summed E-state index contributed by atoms with van der Waals surface area (Å²) in [5.41, 5.74) is 3.62. The summed E-state index contributed by atoms with van der Waals surface area (Å²) in [6.07, 6.45) is 4.10. The number of benzene rings is 1. The fourth-order valence-electron chi connectivity index (χ4n) is 1.98. The summed E-state index contributed by atoms with van der Waals surface area (Å²) < 4.78 is 0. The standard InChI is InChI=1S/C16H21N3OS/c1-12-4-5-15(8-13(12)2)21-7-6-16(20)19(3)11-14-9-17-18-10-14/h4-5,8-10H,6-7,11H2,1-3H3,(H,17,18). The summed E-state index contributed by atoms with van der Waals surface area (Å²) in [7, 11) is 1.83. The van der Waals surface area contributed by atoms with Crippen LogP contribution in [0.4, 0.5) is 0 Å². The van der Waals surface area contributed by atoms with Gasteiger partial charge in [0.1, 0.15) is 0 Å². The molecule has 0 radical (unpaired) electrons. The molecule has 0 aliphatic carbocycles. The van der Waals surface area contributed by atoms with E-state index in [1.165, 1.54) is 16.0 Å². The second-order valence-corrected chi connectivity index (χ2v) is 6.37. The fraction of sp³-hybridized carbons (Fsp3) is 0.375. The van der Waals surface area contributed by atoms with Gasteiger partial charge in [-0.2, -0.15) is 5.10 Å². The second-order valence-electron chi connectivity index (χ2n) is 5.20. The molecule has 0 bridgehead atoms. The van der Waals surface area contributed by atoms with Gasteiger partial charge in [-0.15, -0.1) is 11.8 Å². The number of thioether (sulfide) groups is 1. The number of aromatic amines is 1. The van der Waals surface area contributed by atoms with Crippen LogP contribution in [-0.2, 0) is 11.3 Å². The number of nitrogens with one attached hydrogen (secondary N) is 1. The molecule has 4 nitrogen and oxygen atoms in total. The van der Waals surface area contributed by atoms with Crippen LogP contribution >= 0.6 is 11.8 Å². The van der Waals surface area contributed by atoms with Gasteiger partial charge in [-0.05, 0) is 37.1 Å². The molecule has 2 aromatic rings. The molecule has 112 valence electrons. The molecule has 1 amide bonds. The zero-order valence-electron chi connectivity index (χ0n) is 12.7. The number of carbonyl (C=O) groups is 1. The van der Waals surface area contributed by atoms with E-state index < -0.39 is 0 Å². The van der Waals surface area contributed by atoms with E-state index in [2.05, 4.69) is 42.2 Å². The minimum Gasteiger partial charge on any atom is -0.341 e. The largest absolute Gasteiger partial charge is 0.341 e. The lowest BCUT2D eigenvalue weighted by Gasteiger charge is -2.16. The third-order valence-corrected chi connectivity index (χ3v) is 4.46. The van der Waals surface area contributed by atoms with Crippen LogP contribution < -0.4 is 0 Å². The molecule has 2 rings (SSSR count). The molecule has 0 aliphatic heterocycles. The van der Waals surface area contributed by atoms with Gasteiger partial charge in [-0.25, -0.2) is 0 Å². The number of H-pyrrole nitrogens is 1. The average molecular weight is 303 g/mol. The van der Waals surface area contributed by atoms with E-state index in [-0.39, 0.29) is 5.91 Å². The van der Waals surface area contributed by atoms with Crippen molar-refractivity contribution in [3.05, 3.63) is 47.3 Å². The van der Waals surface area contributed by atoms with Gasteiger partial charge >= 0.3 is 0 Å². The first kappa shape index (κ1) is 15.6. The van der Waals surface area contributed by atoms with Crippen molar-refractivity contribution in [2.24, 2.45) is 0 Å². The minimum absolute atomic E-state index is 0.160. The molecule has 1 aromatic carbocycles. The highest BCUT2D eigenvalue weighted by atomic mass is 32.2. The van der Waals surface area contributed by atoms with Crippen molar-refractivity contribution in [1.29, 1.82) is 0 Å². The Balaban J connectivity index is 1.77. The molecule has 1 N–H and O–H groups in total. The lowest BCUT2D eigenvalue weighted by molar-refractivity contribution is -0.129. The van der Waals surface area contributed by atoms with Gasteiger partial charge in [0.2, 0.25) is 5.91 Å². The first-order valence-corrected chi connectivity index (χ1v) is 7.96. The number of aromatic nitrogens is 2. The second kappa shape index (κ2) is 7.31. The Hall–Kier alpha value is -1.75. The van der Waals surface area contributed by atoms with Crippen LogP contribution in [0.3, 0.4) is 0 Å². The molecule has 0 atom stereocenters. The Morgan fingerprint density at radius 3 is 2.81 bits per heavy atom. The maximum atomic E-state index is 12.1. The quantitative estimate of drug-likeness (QED) is 0.834. The zero-order valence-corrected chi connectivity index (χ0v) is 13.5. The Morgan fingerprint density at radius 2 is 2.14 bits per heavy atom. The Morgan fingerprint density at radius 1 is 1.33 bits per heavy atom. The summed E-state index contributed by atoms with van der Waals surface area (Å²) in [4.78, 5) is 15.0. The molecule has 5 heteroatoms. The average Bonchev–Trinajstić information content (AvgIpc) is 2.95. The third kappa shape index (κ3) is 4.63. The highest BCUT2D eigenvalue weighted by molar-refractivity contribution is 7.99. The summed E-state index contributed by atoms with van der Waals surface area (Å²) in [6, 6.07) is 6.43. The van der Waals surface area contributed by atoms with E-state index in [0.717, 1.165) is 11.3 Å². The molecule has 0 spiro atoms. The van der Waals surface area contributed by atoms with Crippen LogP contribution in [0, 0.1) is 13.8 Å². The van der Waals surface area contributed by atoms with Crippen molar-refractivity contribution >= 4 is 17.7 Å². The monoisotopic (exact) mass is 303 g/mol. The fourth-order valence-corrected chi connectivity index (χ4v) is 2.91. The van der Waals surface area contributed by atoms with Crippen LogP contribution in [0.1, 0.15) is 23.1 Å². The Bertz CT molecular complexity index is 596. The molecule has 21 heavy (non-hydrogen) atoms. The van der Waals surface area contributed by atoms with Gasteiger partial charge in [-0.1, -0.05) is 6.07 Å². The predicted molar refractivity (Wildman–Crippen MR) is 86.3 cm³/mol. The van der Waals surface area contributed by atoms with Crippen molar-refractivity contribution in [1.82, 2.24) is 15.1 Å². The number of nitrogens with zero attached hydrogens (tertiary/aromatic N) is 2. The molecule has 0 aliphatic rings. The number of carbonyl (C=O) groups excluding carboxylic acids is 1. The predicted octanol–water partition coefficient (Wildman–Crippen LogP) is 3.17. The molecule has 0 saturated heterocycles. The number of amides is 1. The van der Waals surface area contributed by atoms with Gasteiger partial charge in [-0.3, -0.25) is 9.89 Å². The maximum Gasteiger partial charge on any atom is 0.223 e. The molecule has 1 aromatic heterocycles.